The van der Waals surface area contributed by atoms with Gasteiger partial charge in [0, 0.05) is 18.8 Å². The maximum atomic E-state index is 4.30. The molecule has 0 fully saturated rings. The van der Waals surface area contributed by atoms with E-state index in [2.05, 4.69) is 23.1 Å². The van der Waals surface area contributed by atoms with Crippen molar-refractivity contribution in [3.63, 3.8) is 0 Å². The van der Waals surface area contributed by atoms with Gasteiger partial charge in [0.25, 0.3) is 0 Å². The topological polar surface area (TPSA) is 25.2 Å². The Kier molecular flexibility index (Phi) is 4.81. The monoisotopic (exact) mass is 198 g/mol. The highest BCUT2D eigenvalue weighted by Gasteiger charge is 1.97. The second-order valence-corrected chi connectivity index (χ2v) is 2.84. The Bertz CT molecular complexity index is 375. The molecule has 1 aromatic heterocycles. The number of hydrogen-bond acceptors (Lipinski definition) is 2. The summed E-state index contributed by atoms with van der Waals surface area (Å²) >= 11 is 0. The second-order valence-electron chi connectivity index (χ2n) is 2.84. The first-order valence-corrected chi connectivity index (χ1v) is 4.76. The molecule has 1 heterocycles. The molecule has 0 aliphatic carbocycles. The number of aliphatic imine (C=N–C) groups is 1. The molecule has 0 aliphatic heterocycles. The minimum absolute atomic E-state index is 0.751. The normalized spacial score (nSPS) is 11.6. The summed E-state index contributed by atoms with van der Waals surface area (Å²) in [4.78, 5) is 8.53. The third-order valence-corrected chi connectivity index (χ3v) is 1.71. The Morgan fingerprint density at radius 1 is 1.40 bits per heavy atom. The van der Waals surface area contributed by atoms with Crippen molar-refractivity contribution < 1.29 is 0 Å². The smallest absolute Gasteiger partial charge is 0.0885 e. The van der Waals surface area contributed by atoms with Crippen molar-refractivity contribution in [2.45, 2.75) is 6.42 Å². The first kappa shape index (κ1) is 11.1. The van der Waals surface area contributed by atoms with E-state index in [1.54, 1.807) is 24.6 Å². The van der Waals surface area contributed by atoms with Gasteiger partial charge in [0.1, 0.15) is 0 Å². The summed E-state index contributed by atoms with van der Waals surface area (Å²) in [6.45, 7) is 7.29. The summed E-state index contributed by atoms with van der Waals surface area (Å²) in [5, 5.41) is 0. The number of nitrogens with zero attached hydrogens (tertiary/aromatic N) is 2. The Balaban J connectivity index is 2.89. The molecule has 76 valence electrons. The van der Waals surface area contributed by atoms with Crippen LogP contribution in [0.25, 0.3) is 5.70 Å². The summed E-state index contributed by atoms with van der Waals surface area (Å²) in [5.41, 5.74) is 1.66. The summed E-state index contributed by atoms with van der Waals surface area (Å²) in [7, 11) is 0. The maximum absolute atomic E-state index is 4.30. The van der Waals surface area contributed by atoms with E-state index >= 15 is 0 Å². The minimum Gasteiger partial charge on any atom is -0.259 e. The number of allylic oxidation sites excluding steroid dienone is 3. The number of hydrogen-bond donors (Lipinski definition) is 0. The molecule has 0 saturated heterocycles. The lowest BCUT2D eigenvalue weighted by atomic mass is 10.2. The van der Waals surface area contributed by atoms with Crippen molar-refractivity contribution in [2.75, 3.05) is 0 Å². The highest BCUT2D eigenvalue weighted by Crippen LogP contribution is 2.12. The van der Waals surface area contributed by atoms with E-state index in [0.717, 1.165) is 17.8 Å². The van der Waals surface area contributed by atoms with Crippen LogP contribution in [0.4, 0.5) is 0 Å². The van der Waals surface area contributed by atoms with Crippen molar-refractivity contribution in [3.05, 3.63) is 61.5 Å². The molecule has 0 spiro atoms. The molecule has 0 radical (unpaired) electrons. The van der Waals surface area contributed by atoms with Gasteiger partial charge in [-0.15, -0.1) is 6.58 Å². The lowest BCUT2D eigenvalue weighted by molar-refractivity contribution is 1.25. The van der Waals surface area contributed by atoms with Crippen LogP contribution >= 0.6 is 0 Å². The number of pyridine rings is 1. The van der Waals surface area contributed by atoms with Crippen molar-refractivity contribution in [3.8, 4) is 0 Å². The maximum Gasteiger partial charge on any atom is 0.0885 e. The van der Waals surface area contributed by atoms with Gasteiger partial charge in [-0.1, -0.05) is 24.8 Å². The molecule has 2 heteroatoms. The molecule has 0 aliphatic rings. The van der Waals surface area contributed by atoms with Gasteiger partial charge in [0.15, 0.2) is 0 Å². The number of rotatable bonds is 5. The van der Waals surface area contributed by atoms with Crippen LogP contribution in [0, 0.1) is 0 Å². The van der Waals surface area contributed by atoms with Crippen LogP contribution in [-0.2, 0) is 0 Å². The first-order valence-electron chi connectivity index (χ1n) is 4.76. The summed E-state index contributed by atoms with van der Waals surface area (Å²) in [6, 6.07) is 5.73. The standard InChI is InChI=1S/C13H14N2/c1-3-5-10-14-12(8-4-2)13-9-6-7-11-15-13/h3-4,6-11H,1-2,5H2/b12-8-,14-10?. The van der Waals surface area contributed by atoms with Crippen molar-refractivity contribution in [1.29, 1.82) is 0 Å². The predicted octanol–water partition coefficient (Wildman–Crippen LogP) is 3.26. The van der Waals surface area contributed by atoms with Crippen LogP contribution in [0.5, 0.6) is 0 Å². The van der Waals surface area contributed by atoms with Crippen LogP contribution in [0.2, 0.25) is 0 Å². The fourth-order valence-electron chi connectivity index (χ4n) is 1.05. The van der Waals surface area contributed by atoms with Crippen LogP contribution in [0.15, 0.2) is 60.8 Å². The molecule has 15 heavy (non-hydrogen) atoms. The van der Waals surface area contributed by atoms with Gasteiger partial charge in [-0.3, -0.25) is 9.98 Å². The molecule has 0 amide bonds. The quantitative estimate of drug-likeness (QED) is 0.405. The second kappa shape index (κ2) is 6.49. The molecule has 1 rings (SSSR count). The number of aromatic nitrogens is 1. The van der Waals surface area contributed by atoms with E-state index in [0.29, 0.717) is 0 Å². The van der Waals surface area contributed by atoms with E-state index in [1.165, 1.54) is 0 Å². The van der Waals surface area contributed by atoms with Crippen molar-refractivity contribution in [2.24, 2.45) is 4.99 Å². The molecule has 2 nitrogen and oxygen atoms in total. The van der Waals surface area contributed by atoms with Crippen LogP contribution in [-0.4, -0.2) is 11.2 Å². The highest BCUT2D eigenvalue weighted by molar-refractivity contribution is 5.73. The van der Waals surface area contributed by atoms with E-state index in [9.17, 15) is 0 Å². The summed E-state index contributed by atoms with van der Waals surface area (Å²) < 4.78 is 0. The molecule has 0 atom stereocenters. The van der Waals surface area contributed by atoms with Gasteiger partial charge in [-0.2, -0.15) is 0 Å². The SMILES string of the molecule is C=C/C=C(\N=CCC=C)c1ccccn1. The van der Waals surface area contributed by atoms with E-state index < -0.39 is 0 Å². The van der Waals surface area contributed by atoms with Gasteiger partial charge in [-0.05, 0) is 18.2 Å². The fourth-order valence-corrected chi connectivity index (χ4v) is 1.05. The van der Waals surface area contributed by atoms with Gasteiger partial charge < -0.3 is 0 Å². The Morgan fingerprint density at radius 3 is 2.87 bits per heavy atom. The first-order chi connectivity index (χ1) is 7.38. The van der Waals surface area contributed by atoms with Gasteiger partial charge in [-0.25, -0.2) is 0 Å². The molecule has 0 N–H and O–H groups in total. The zero-order valence-corrected chi connectivity index (χ0v) is 8.63. The molecule has 0 unspecified atom stereocenters. The molecule has 1 aromatic rings. The van der Waals surface area contributed by atoms with Crippen LogP contribution in [0.1, 0.15) is 12.1 Å². The lowest BCUT2D eigenvalue weighted by Gasteiger charge is -1.98. The van der Waals surface area contributed by atoms with E-state index in [1.807, 2.05) is 24.3 Å². The predicted molar refractivity (Wildman–Crippen MR) is 65.7 cm³/mol. The van der Waals surface area contributed by atoms with Gasteiger partial charge in [0.05, 0.1) is 11.4 Å². The third-order valence-electron chi connectivity index (χ3n) is 1.71. The van der Waals surface area contributed by atoms with Gasteiger partial charge in [0.2, 0.25) is 0 Å². The van der Waals surface area contributed by atoms with Crippen LogP contribution in [0.3, 0.4) is 0 Å². The van der Waals surface area contributed by atoms with E-state index in [-0.39, 0.29) is 0 Å². The van der Waals surface area contributed by atoms with Crippen LogP contribution < -0.4 is 0 Å². The minimum atomic E-state index is 0.751. The van der Waals surface area contributed by atoms with Crippen molar-refractivity contribution >= 4 is 11.9 Å². The highest BCUT2D eigenvalue weighted by atomic mass is 14.8. The Morgan fingerprint density at radius 2 is 2.27 bits per heavy atom. The summed E-state index contributed by atoms with van der Waals surface area (Å²) in [6.07, 6.45) is 9.64. The molecule has 0 bridgehead atoms. The molecular weight excluding hydrogens is 184 g/mol. The average molecular weight is 198 g/mol. The zero-order valence-electron chi connectivity index (χ0n) is 8.63. The zero-order chi connectivity index (χ0) is 10.9. The Labute approximate surface area is 90.4 Å². The lowest BCUT2D eigenvalue weighted by Crippen LogP contribution is -1.85. The molecular formula is C13H14N2. The van der Waals surface area contributed by atoms with Crippen molar-refractivity contribution in [1.82, 2.24) is 4.98 Å². The molecule has 0 aromatic carbocycles. The summed E-state index contributed by atoms with van der Waals surface area (Å²) in [5.74, 6) is 0. The van der Waals surface area contributed by atoms with E-state index in [4.69, 9.17) is 0 Å². The molecule has 0 saturated carbocycles. The van der Waals surface area contributed by atoms with Gasteiger partial charge >= 0.3 is 0 Å². The third kappa shape index (κ3) is 3.73. The largest absolute Gasteiger partial charge is 0.259 e. The average Bonchev–Trinajstić information content (AvgIpc) is 2.29. The fraction of sp³-hybridized carbons (Fsp3) is 0.0769. The Hall–Kier alpha value is -1.96.